The molecule has 1 saturated carbocycles. The molecule has 7 nitrogen and oxygen atoms in total. The maximum Gasteiger partial charge on any atom is 0.147 e. The molecule has 2 heterocycles. The Hall–Kier alpha value is -2.52. The lowest BCUT2D eigenvalue weighted by atomic mass is 10.2. The molecule has 0 atom stereocenters. The van der Waals surface area contributed by atoms with Gasteiger partial charge in [-0.2, -0.15) is 0 Å². The molecule has 1 aliphatic carbocycles. The quantitative estimate of drug-likeness (QED) is 0.479. The van der Waals surface area contributed by atoms with E-state index >= 15 is 0 Å². The monoisotopic (exact) mass is 446 g/mol. The van der Waals surface area contributed by atoms with E-state index in [1.807, 2.05) is 4.57 Å². The molecule has 28 heavy (non-hydrogen) atoms. The standard InChI is InChI=1S/C19H19BrFN5O2/c1-19(5-6-19)26-15(20)13(14-16(22)23-9-24-17(14)26)18(27)25-11-4-3-10(8-28-2)12(21)7-11/h3-4,7,9H,5-6,8H2,1-2H3,(H,25,27)(H2,22,23,24)/p-1. The fraction of sp³-hybridized carbons (Fsp3) is 0.316. The Morgan fingerprint density at radius 3 is 2.82 bits per heavy atom. The van der Waals surface area contributed by atoms with Gasteiger partial charge in [0.15, 0.2) is 0 Å². The van der Waals surface area contributed by atoms with Gasteiger partial charge in [0.25, 0.3) is 0 Å². The zero-order chi connectivity index (χ0) is 20.1. The Labute approximate surface area is 169 Å². The number of aromatic nitrogens is 3. The molecule has 0 saturated heterocycles. The second-order valence-electron chi connectivity index (χ2n) is 7.08. The van der Waals surface area contributed by atoms with E-state index in [1.165, 1.54) is 19.5 Å². The number of methoxy groups -OCH3 is 1. The van der Waals surface area contributed by atoms with E-state index in [-0.39, 0.29) is 29.2 Å². The predicted octanol–water partition coefficient (Wildman–Crippen LogP) is 3.01. The van der Waals surface area contributed by atoms with Gasteiger partial charge >= 0.3 is 0 Å². The first-order valence-electron chi connectivity index (χ1n) is 8.70. The highest BCUT2D eigenvalue weighted by Crippen LogP contribution is 2.48. The van der Waals surface area contributed by atoms with Crippen molar-refractivity contribution in [3.05, 3.63) is 46.1 Å². The number of rotatable bonds is 5. The number of hydrogen-bond donors (Lipinski definition) is 1. The smallest absolute Gasteiger partial charge is 0.147 e. The molecule has 9 heteroatoms. The zero-order valence-electron chi connectivity index (χ0n) is 15.4. The summed E-state index contributed by atoms with van der Waals surface area (Å²) in [5, 5.41) is 13.5. The molecule has 0 unspecified atom stereocenters. The molecule has 3 aromatic rings. The molecule has 0 bridgehead atoms. The van der Waals surface area contributed by atoms with Crippen LogP contribution in [0.3, 0.4) is 0 Å². The number of hydrogen-bond acceptors (Lipinski definition) is 6. The van der Waals surface area contributed by atoms with E-state index in [4.69, 9.17) is 10.5 Å². The minimum atomic E-state index is -0.541. The summed E-state index contributed by atoms with van der Waals surface area (Å²) in [5.74, 6) is -0.820. The molecule has 0 radical (unpaired) electrons. The number of fused-ring (bicyclic) bond motifs is 1. The molecule has 2 N–H and O–H groups in total. The molecule has 0 spiro atoms. The second-order valence-corrected chi connectivity index (χ2v) is 7.83. The van der Waals surface area contributed by atoms with Crippen molar-refractivity contribution >= 4 is 44.4 Å². The van der Waals surface area contributed by atoms with Gasteiger partial charge in [-0.3, -0.25) is 4.99 Å². The van der Waals surface area contributed by atoms with Crippen molar-refractivity contribution in [2.24, 2.45) is 4.99 Å². The third-order valence-corrected chi connectivity index (χ3v) is 5.77. The lowest BCUT2D eigenvalue weighted by molar-refractivity contribution is -0.212. The Kier molecular flexibility index (Phi) is 4.59. The van der Waals surface area contributed by atoms with Crippen LogP contribution in [0.25, 0.3) is 11.0 Å². The summed E-state index contributed by atoms with van der Waals surface area (Å²) < 4.78 is 21.6. The summed E-state index contributed by atoms with van der Waals surface area (Å²) in [6.45, 7) is 2.23. The second kappa shape index (κ2) is 6.82. The lowest BCUT2D eigenvalue weighted by Gasteiger charge is -2.15. The number of nitrogens with zero attached hydrogens (tertiary/aromatic N) is 4. The largest absolute Gasteiger partial charge is 0.858 e. The fourth-order valence-corrected chi connectivity index (χ4v) is 4.21. The number of halogens is 2. The van der Waals surface area contributed by atoms with Crippen LogP contribution in [-0.4, -0.2) is 27.5 Å². The van der Waals surface area contributed by atoms with Crippen LogP contribution in [0.4, 0.5) is 15.9 Å². The average molecular weight is 447 g/mol. The first kappa shape index (κ1) is 18.8. The van der Waals surface area contributed by atoms with Gasteiger partial charge < -0.3 is 20.1 Å². The fourth-order valence-electron chi connectivity index (χ4n) is 3.25. The number of benzene rings is 1. The third kappa shape index (κ3) is 3.04. The minimum absolute atomic E-state index is 0.135. The highest BCUT2D eigenvalue weighted by atomic mass is 79.9. The van der Waals surface area contributed by atoms with Crippen molar-refractivity contribution in [2.75, 3.05) is 12.8 Å². The molecular weight excluding hydrogens is 429 g/mol. The van der Waals surface area contributed by atoms with Crippen LogP contribution >= 0.6 is 15.9 Å². The van der Waals surface area contributed by atoms with Gasteiger partial charge in [0.1, 0.15) is 23.6 Å². The number of nitrogens with two attached hydrogens (primary N) is 1. The molecule has 0 aliphatic heterocycles. The van der Waals surface area contributed by atoms with Crippen molar-refractivity contribution in [1.29, 1.82) is 0 Å². The Balaban J connectivity index is 1.86. The molecule has 2 aromatic heterocycles. The van der Waals surface area contributed by atoms with Gasteiger partial charge in [0, 0.05) is 23.8 Å². The summed E-state index contributed by atoms with van der Waals surface area (Å²) in [6, 6.07) is 4.33. The van der Waals surface area contributed by atoms with E-state index in [9.17, 15) is 9.50 Å². The first-order chi connectivity index (χ1) is 13.4. The SMILES string of the molecule is COCc1ccc(N=C([O-])c2c(Br)n(C3(C)CC3)c3ncnc(N)c23)cc1F. The Morgan fingerprint density at radius 2 is 2.18 bits per heavy atom. The Morgan fingerprint density at radius 1 is 1.43 bits per heavy atom. The van der Waals surface area contributed by atoms with E-state index in [2.05, 4.69) is 37.8 Å². The molecule has 1 aliphatic rings. The van der Waals surface area contributed by atoms with Gasteiger partial charge in [-0.25, -0.2) is 14.4 Å². The molecule has 146 valence electrons. The number of nitrogen functional groups attached to an aromatic ring is 1. The summed E-state index contributed by atoms with van der Waals surface area (Å²) >= 11 is 3.53. The highest BCUT2D eigenvalue weighted by Gasteiger charge is 2.42. The van der Waals surface area contributed by atoms with Crippen LogP contribution in [0.5, 0.6) is 0 Å². The van der Waals surface area contributed by atoms with Crippen LogP contribution < -0.4 is 10.8 Å². The van der Waals surface area contributed by atoms with Gasteiger partial charge in [-0.1, -0.05) is 6.07 Å². The summed E-state index contributed by atoms with van der Waals surface area (Å²) in [6.07, 6.45) is 3.31. The molecule has 0 amide bonds. The van der Waals surface area contributed by atoms with Crippen molar-refractivity contribution in [1.82, 2.24) is 14.5 Å². The van der Waals surface area contributed by atoms with Crippen LogP contribution in [0.2, 0.25) is 0 Å². The summed E-state index contributed by atoms with van der Waals surface area (Å²) in [5.41, 5.74) is 7.39. The first-order valence-corrected chi connectivity index (χ1v) is 9.49. The van der Waals surface area contributed by atoms with Gasteiger partial charge in [0.05, 0.1) is 22.3 Å². The van der Waals surface area contributed by atoms with Crippen molar-refractivity contribution in [2.45, 2.75) is 31.9 Å². The van der Waals surface area contributed by atoms with E-state index in [0.29, 0.717) is 21.2 Å². The van der Waals surface area contributed by atoms with E-state index in [1.54, 1.807) is 12.1 Å². The predicted molar refractivity (Wildman–Crippen MR) is 106 cm³/mol. The number of anilines is 1. The van der Waals surface area contributed by atoms with Crippen molar-refractivity contribution in [3.8, 4) is 0 Å². The van der Waals surface area contributed by atoms with Crippen LogP contribution in [0.15, 0.2) is 34.1 Å². The number of ether oxygens (including phenoxy) is 1. The van der Waals surface area contributed by atoms with Gasteiger partial charge in [0.2, 0.25) is 0 Å². The van der Waals surface area contributed by atoms with Crippen LogP contribution in [0, 0.1) is 5.82 Å². The topological polar surface area (TPSA) is 101 Å². The Bertz CT molecular complexity index is 1110. The van der Waals surface area contributed by atoms with E-state index in [0.717, 1.165) is 12.8 Å². The summed E-state index contributed by atoms with van der Waals surface area (Å²) in [7, 11) is 1.49. The van der Waals surface area contributed by atoms with Gasteiger partial charge in [-0.05, 0) is 53.7 Å². The molecule has 1 aromatic carbocycles. The third-order valence-electron chi connectivity index (χ3n) is 5.02. The summed E-state index contributed by atoms with van der Waals surface area (Å²) in [4.78, 5) is 12.4. The van der Waals surface area contributed by atoms with Crippen molar-refractivity contribution in [3.63, 3.8) is 0 Å². The van der Waals surface area contributed by atoms with Crippen molar-refractivity contribution < 1.29 is 14.2 Å². The van der Waals surface area contributed by atoms with Crippen LogP contribution in [-0.2, 0) is 16.9 Å². The van der Waals surface area contributed by atoms with Crippen LogP contribution in [0.1, 0.15) is 30.9 Å². The molecule has 4 rings (SSSR count). The normalized spacial score (nSPS) is 15.9. The van der Waals surface area contributed by atoms with E-state index < -0.39 is 11.7 Å². The highest BCUT2D eigenvalue weighted by molar-refractivity contribution is 9.10. The molecular formula is C19H18BrFN5O2-. The molecule has 1 fully saturated rings. The lowest BCUT2D eigenvalue weighted by Crippen LogP contribution is -2.20. The zero-order valence-corrected chi connectivity index (χ0v) is 17.0. The maximum absolute atomic E-state index is 14.2. The average Bonchev–Trinajstić information content (AvgIpc) is 3.29. The maximum atomic E-state index is 14.2. The van der Waals surface area contributed by atoms with Gasteiger partial charge in [-0.15, -0.1) is 0 Å². The number of aliphatic imine (C=N–C) groups is 1. The minimum Gasteiger partial charge on any atom is -0.858 e.